The summed E-state index contributed by atoms with van der Waals surface area (Å²) in [5, 5.41) is 9.99. The van der Waals surface area contributed by atoms with E-state index in [4.69, 9.17) is 39.5 Å². The van der Waals surface area contributed by atoms with Gasteiger partial charge in [-0.2, -0.15) is 0 Å². The van der Waals surface area contributed by atoms with Gasteiger partial charge in [-0.15, -0.1) is 0 Å². The number of carboxylic acid groups (broad SMARTS) is 1. The Morgan fingerprint density at radius 2 is 1.65 bits per heavy atom. The molecule has 0 heterocycles. The maximum Gasteiger partial charge on any atom is 0.339 e. The Morgan fingerprint density at radius 1 is 1.00 bits per heavy atom. The van der Waals surface area contributed by atoms with Gasteiger partial charge < -0.3 is 9.84 Å². The van der Waals surface area contributed by atoms with E-state index in [9.17, 15) is 9.90 Å². The van der Waals surface area contributed by atoms with Gasteiger partial charge in [0.15, 0.2) is 0 Å². The summed E-state index contributed by atoms with van der Waals surface area (Å²) in [5.74, 6) is -0.657. The molecule has 1 N–H and O–H groups in total. The first-order chi connectivity index (χ1) is 9.38. The van der Waals surface area contributed by atoms with Crippen LogP contribution in [0.5, 0.6) is 11.5 Å². The number of halogens is 3. The summed E-state index contributed by atoms with van der Waals surface area (Å²) in [5.41, 5.74) is 0.863. The average Bonchev–Trinajstić information content (AvgIpc) is 2.37. The number of rotatable bonds is 3. The zero-order chi connectivity index (χ0) is 14.9. The van der Waals surface area contributed by atoms with Crippen LogP contribution in [0.3, 0.4) is 0 Å². The minimum atomic E-state index is -1.08. The molecule has 0 saturated carbocycles. The third-order valence-corrected chi connectivity index (χ3v) is 3.58. The van der Waals surface area contributed by atoms with Crippen molar-refractivity contribution in [2.24, 2.45) is 0 Å². The predicted molar refractivity (Wildman–Crippen MR) is 79.7 cm³/mol. The third-order valence-electron chi connectivity index (χ3n) is 2.56. The summed E-state index contributed by atoms with van der Waals surface area (Å²) in [7, 11) is 0. The molecule has 0 spiro atoms. The van der Waals surface area contributed by atoms with Gasteiger partial charge in [0, 0.05) is 6.07 Å². The van der Waals surface area contributed by atoms with Crippen molar-refractivity contribution in [1.29, 1.82) is 0 Å². The second-order valence-electron chi connectivity index (χ2n) is 4.10. The summed E-state index contributed by atoms with van der Waals surface area (Å²) in [6, 6.07) is 7.71. The molecule has 2 aromatic carbocycles. The van der Waals surface area contributed by atoms with Gasteiger partial charge in [0.05, 0.1) is 15.1 Å². The molecule has 20 heavy (non-hydrogen) atoms. The van der Waals surface area contributed by atoms with Gasteiger partial charge in [-0.1, -0.05) is 46.4 Å². The topological polar surface area (TPSA) is 46.5 Å². The zero-order valence-corrected chi connectivity index (χ0v) is 12.6. The number of ether oxygens (including phenoxy) is 1. The van der Waals surface area contributed by atoms with Crippen molar-refractivity contribution in [2.75, 3.05) is 0 Å². The highest BCUT2D eigenvalue weighted by molar-refractivity contribution is 6.43. The quantitative estimate of drug-likeness (QED) is 0.761. The summed E-state index contributed by atoms with van der Waals surface area (Å²) in [6.07, 6.45) is 0. The molecule has 6 heteroatoms. The first kappa shape index (κ1) is 15.0. The molecule has 3 nitrogen and oxygen atoms in total. The highest BCUT2D eigenvalue weighted by atomic mass is 35.5. The second-order valence-corrected chi connectivity index (χ2v) is 5.33. The maximum absolute atomic E-state index is 11.2. The van der Waals surface area contributed by atoms with Crippen molar-refractivity contribution in [2.45, 2.75) is 6.92 Å². The van der Waals surface area contributed by atoms with Crippen molar-refractivity contribution in [3.05, 3.63) is 56.5 Å². The van der Waals surface area contributed by atoms with Gasteiger partial charge in [0.1, 0.15) is 17.1 Å². The minimum Gasteiger partial charge on any atom is -0.478 e. The molecular weight excluding hydrogens is 323 g/mol. The fourth-order valence-corrected chi connectivity index (χ4v) is 2.18. The Labute approximate surface area is 130 Å². The monoisotopic (exact) mass is 330 g/mol. The van der Waals surface area contributed by atoms with E-state index in [0.717, 1.165) is 5.56 Å². The summed E-state index contributed by atoms with van der Waals surface area (Å²) >= 11 is 17.7. The van der Waals surface area contributed by atoms with Crippen LogP contribution in [-0.2, 0) is 0 Å². The lowest BCUT2D eigenvalue weighted by Crippen LogP contribution is -2.00. The van der Waals surface area contributed by atoms with Crippen LogP contribution in [0.2, 0.25) is 15.1 Å². The van der Waals surface area contributed by atoms with E-state index in [2.05, 4.69) is 0 Å². The van der Waals surface area contributed by atoms with E-state index in [-0.39, 0.29) is 27.1 Å². The average molecular weight is 332 g/mol. The van der Waals surface area contributed by atoms with Gasteiger partial charge >= 0.3 is 5.97 Å². The molecule has 2 aromatic rings. The zero-order valence-electron chi connectivity index (χ0n) is 10.3. The molecule has 0 aromatic heterocycles. The number of hydrogen-bond donors (Lipinski definition) is 1. The van der Waals surface area contributed by atoms with E-state index in [0.29, 0.717) is 5.02 Å². The van der Waals surface area contributed by atoms with E-state index in [1.54, 1.807) is 19.1 Å². The predicted octanol–water partition coefficient (Wildman–Crippen LogP) is 5.45. The number of benzene rings is 2. The van der Waals surface area contributed by atoms with Crippen molar-refractivity contribution in [3.63, 3.8) is 0 Å². The molecule has 0 bridgehead atoms. The molecule has 0 aliphatic heterocycles. The fourth-order valence-electron chi connectivity index (χ4n) is 1.60. The Hall–Kier alpha value is -1.42. The summed E-state index contributed by atoms with van der Waals surface area (Å²) in [6.45, 7) is 1.79. The molecule has 0 aliphatic rings. The molecule has 104 valence electrons. The Balaban J connectivity index is 2.45. The summed E-state index contributed by atoms with van der Waals surface area (Å²) < 4.78 is 5.54. The van der Waals surface area contributed by atoms with Gasteiger partial charge in [0.25, 0.3) is 0 Å². The molecule has 0 amide bonds. The van der Waals surface area contributed by atoms with Crippen LogP contribution in [-0.4, -0.2) is 11.1 Å². The Bertz CT molecular complexity index is 684. The Kier molecular flexibility index (Phi) is 4.43. The van der Waals surface area contributed by atoms with Crippen molar-refractivity contribution in [3.8, 4) is 11.5 Å². The van der Waals surface area contributed by atoms with E-state index < -0.39 is 5.97 Å². The molecule has 0 aliphatic carbocycles. The van der Waals surface area contributed by atoms with Crippen molar-refractivity contribution in [1.82, 2.24) is 0 Å². The van der Waals surface area contributed by atoms with Gasteiger partial charge in [0.2, 0.25) is 0 Å². The van der Waals surface area contributed by atoms with Crippen LogP contribution in [0.1, 0.15) is 15.9 Å². The Morgan fingerprint density at radius 3 is 2.30 bits per heavy atom. The first-order valence-electron chi connectivity index (χ1n) is 5.55. The van der Waals surface area contributed by atoms with Crippen LogP contribution >= 0.6 is 34.8 Å². The number of carbonyl (C=O) groups is 1. The van der Waals surface area contributed by atoms with Crippen molar-refractivity contribution < 1.29 is 14.6 Å². The van der Waals surface area contributed by atoms with Crippen LogP contribution in [0.15, 0.2) is 30.3 Å². The number of hydrogen-bond acceptors (Lipinski definition) is 2. The lowest BCUT2D eigenvalue weighted by atomic mass is 10.1. The van der Waals surface area contributed by atoms with E-state index in [1.165, 1.54) is 18.2 Å². The third kappa shape index (κ3) is 3.18. The highest BCUT2D eigenvalue weighted by Crippen LogP contribution is 2.37. The van der Waals surface area contributed by atoms with Gasteiger partial charge in [-0.05, 0) is 25.1 Å². The normalized spacial score (nSPS) is 10.4. The number of carboxylic acids is 1. The maximum atomic E-state index is 11.2. The second kappa shape index (κ2) is 5.92. The van der Waals surface area contributed by atoms with E-state index in [1.807, 2.05) is 0 Å². The lowest BCUT2D eigenvalue weighted by molar-refractivity contribution is 0.0694. The summed E-state index contributed by atoms with van der Waals surface area (Å²) in [4.78, 5) is 11.2. The number of aromatic carboxylic acids is 1. The SMILES string of the molecule is Cc1ccc(Oc2cc(Cl)c(Cl)cc2Cl)c(C(=O)O)c1. The minimum absolute atomic E-state index is 0.0483. The molecule has 2 rings (SSSR count). The molecule has 0 radical (unpaired) electrons. The van der Waals surface area contributed by atoms with Crippen LogP contribution < -0.4 is 4.74 Å². The van der Waals surface area contributed by atoms with Crippen LogP contribution in [0, 0.1) is 6.92 Å². The van der Waals surface area contributed by atoms with Gasteiger partial charge in [-0.25, -0.2) is 4.79 Å². The molecular formula is C14H9Cl3O3. The van der Waals surface area contributed by atoms with Crippen LogP contribution in [0.25, 0.3) is 0 Å². The lowest BCUT2D eigenvalue weighted by Gasteiger charge is -2.11. The van der Waals surface area contributed by atoms with Crippen LogP contribution in [0.4, 0.5) is 0 Å². The van der Waals surface area contributed by atoms with Crippen molar-refractivity contribution >= 4 is 40.8 Å². The molecule has 0 saturated heterocycles. The highest BCUT2D eigenvalue weighted by Gasteiger charge is 2.14. The fraction of sp³-hybridized carbons (Fsp3) is 0.0714. The first-order valence-corrected chi connectivity index (χ1v) is 6.68. The van der Waals surface area contributed by atoms with E-state index >= 15 is 0 Å². The molecule has 0 fully saturated rings. The van der Waals surface area contributed by atoms with Gasteiger partial charge in [-0.3, -0.25) is 0 Å². The smallest absolute Gasteiger partial charge is 0.339 e. The standard InChI is InChI=1S/C14H9Cl3O3/c1-7-2-3-12(8(4-7)14(18)19)20-13-6-10(16)9(15)5-11(13)17/h2-6H,1H3,(H,18,19). The number of aryl methyl sites for hydroxylation is 1. The molecule has 0 unspecified atom stereocenters. The largest absolute Gasteiger partial charge is 0.478 e. The molecule has 0 atom stereocenters.